The van der Waals surface area contributed by atoms with Gasteiger partial charge >= 0.3 is 0 Å². The van der Waals surface area contributed by atoms with Crippen LogP contribution in [0.2, 0.25) is 0 Å². The van der Waals surface area contributed by atoms with Gasteiger partial charge in [-0.2, -0.15) is 5.10 Å². The van der Waals surface area contributed by atoms with Crippen molar-refractivity contribution in [2.75, 3.05) is 18.0 Å². The molecule has 5 aromatic rings. The van der Waals surface area contributed by atoms with E-state index in [0.29, 0.717) is 17.6 Å². The number of carbonyl (C=O) groups is 1. The van der Waals surface area contributed by atoms with E-state index in [-0.39, 0.29) is 0 Å². The second-order valence-electron chi connectivity index (χ2n) is 9.55. The molecule has 2 unspecified atom stereocenters. The zero-order valence-electron chi connectivity index (χ0n) is 20.3. The van der Waals surface area contributed by atoms with Crippen LogP contribution in [-0.2, 0) is 0 Å². The van der Waals surface area contributed by atoms with Crippen LogP contribution in [0.5, 0.6) is 0 Å². The number of amides is 1. The van der Waals surface area contributed by atoms with E-state index in [0.717, 1.165) is 51.8 Å². The van der Waals surface area contributed by atoms with E-state index in [2.05, 4.69) is 53.4 Å². The van der Waals surface area contributed by atoms with Crippen LogP contribution in [-0.4, -0.2) is 45.7 Å². The summed E-state index contributed by atoms with van der Waals surface area (Å²) in [5, 5.41) is 9.86. The number of anilines is 1. The number of nitrogens with one attached hydrogen (secondary N) is 1. The van der Waals surface area contributed by atoms with E-state index in [9.17, 15) is 4.79 Å². The molecular weight excluding hydrogens is 448 g/mol. The molecule has 180 valence electrons. The fourth-order valence-electron chi connectivity index (χ4n) is 5.44. The summed E-state index contributed by atoms with van der Waals surface area (Å²) >= 11 is 0. The molecule has 36 heavy (non-hydrogen) atoms. The van der Waals surface area contributed by atoms with Crippen molar-refractivity contribution in [2.45, 2.75) is 25.9 Å². The molecule has 0 aliphatic carbocycles. The first-order valence-electron chi connectivity index (χ1n) is 12.3. The summed E-state index contributed by atoms with van der Waals surface area (Å²) in [4.78, 5) is 19.2. The van der Waals surface area contributed by atoms with Gasteiger partial charge < -0.3 is 16.0 Å². The minimum Gasteiger partial charge on any atom is -0.366 e. The average Bonchev–Trinajstić information content (AvgIpc) is 3.31. The second kappa shape index (κ2) is 8.77. The van der Waals surface area contributed by atoms with Gasteiger partial charge in [-0.3, -0.25) is 4.79 Å². The lowest BCUT2D eigenvalue weighted by Crippen LogP contribution is -2.55. The molecule has 1 fully saturated rings. The molecule has 1 saturated heterocycles. The van der Waals surface area contributed by atoms with Gasteiger partial charge in [0.1, 0.15) is 0 Å². The van der Waals surface area contributed by atoms with Crippen LogP contribution in [0.15, 0.2) is 79.3 Å². The van der Waals surface area contributed by atoms with E-state index >= 15 is 0 Å². The first kappa shape index (κ1) is 22.2. The van der Waals surface area contributed by atoms with Crippen LogP contribution < -0.4 is 16.0 Å². The van der Waals surface area contributed by atoms with E-state index in [4.69, 9.17) is 10.7 Å². The fourth-order valence-corrected chi connectivity index (χ4v) is 5.44. The summed E-state index contributed by atoms with van der Waals surface area (Å²) in [6, 6.07) is 21.1. The molecule has 0 bridgehead atoms. The van der Waals surface area contributed by atoms with E-state index in [1.165, 1.54) is 5.69 Å². The quantitative estimate of drug-likeness (QED) is 0.399. The summed E-state index contributed by atoms with van der Waals surface area (Å²) in [7, 11) is 0. The summed E-state index contributed by atoms with van der Waals surface area (Å²) in [6.45, 7) is 6.51. The number of hydrogen-bond acceptors (Lipinski definition) is 5. The number of benzene rings is 3. The minimum absolute atomic E-state index is 0.438. The highest BCUT2D eigenvalue weighted by atomic mass is 16.1. The van der Waals surface area contributed by atoms with Crippen molar-refractivity contribution in [3.63, 3.8) is 0 Å². The van der Waals surface area contributed by atoms with Crippen LogP contribution in [0.3, 0.4) is 0 Å². The Labute approximate surface area is 209 Å². The Kier molecular flexibility index (Phi) is 5.42. The number of nitrogens with two attached hydrogens (primary N) is 1. The molecule has 1 amide bonds. The van der Waals surface area contributed by atoms with Crippen molar-refractivity contribution < 1.29 is 4.79 Å². The largest absolute Gasteiger partial charge is 0.366 e. The van der Waals surface area contributed by atoms with E-state index in [1.54, 1.807) is 6.07 Å². The first-order valence-corrected chi connectivity index (χ1v) is 12.3. The lowest BCUT2D eigenvalue weighted by molar-refractivity contribution is 0.100. The van der Waals surface area contributed by atoms with Gasteiger partial charge in [0.2, 0.25) is 5.91 Å². The number of rotatable bonds is 4. The van der Waals surface area contributed by atoms with Crippen molar-refractivity contribution in [1.29, 1.82) is 0 Å². The zero-order valence-corrected chi connectivity index (χ0v) is 20.3. The average molecular weight is 477 g/mol. The molecular formula is C29H28N6O. The van der Waals surface area contributed by atoms with Crippen LogP contribution in [0.4, 0.5) is 5.69 Å². The van der Waals surface area contributed by atoms with Crippen molar-refractivity contribution in [1.82, 2.24) is 19.9 Å². The van der Waals surface area contributed by atoms with Gasteiger partial charge in [0.25, 0.3) is 0 Å². The monoisotopic (exact) mass is 476 g/mol. The number of aromatic nitrogens is 3. The number of hydrogen-bond donors (Lipinski definition) is 2. The van der Waals surface area contributed by atoms with Crippen LogP contribution in [0, 0.1) is 0 Å². The summed E-state index contributed by atoms with van der Waals surface area (Å²) in [5.74, 6) is -0.438. The second-order valence-corrected chi connectivity index (χ2v) is 9.55. The molecule has 3 heterocycles. The van der Waals surface area contributed by atoms with Gasteiger partial charge in [-0.25, -0.2) is 9.50 Å². The highest BCUT2D eigenvalue weighted by molar-refractivity contribution is 6.10. The Bertz CT molecular complexity index is 1580. The fraction of sp³-hybridized carbons (Fsp3) is 0.207. The van der Waals surface area contributed by atoms with E-state index < -0.39 is 5.91 Å². The van der Waals surface area contributed by atoms with Crippen molar-refractivity contribution >= 4 is 28.0 Å². The maximum Gasteiger partial charge on any atom is 0.249 e. The summed E-state index contributed by atoms with van der Waals surface area (Å²) in [6.07, 6.45) is 5.73. The first-order chi connectivity index (χ1) is 17.5. The lowest BCUT2D eigenvalue weighted by Gasteiger charge is -2.41. The Morgan fingerprint density at radius 3 is 2.36 bits per heavy atom. The van der Waals surface area contributed by atoms with Gasteiger partial charge in [-0.15, -0.1) is 0 Å². The Balaban J connectivity index is 1.36. The number of primary amides is 1. The molecule has 1 aliphatic rings. The number of fused-ring (bicyclic) bond motifs is 2. The van der Waals surface area contributed by atoms with Gasteiger partial charge in [0.15, 0.2) is 5.65 Å². The smallest absolute Gasteiger partial charge is 0.249 e. The molecule has 2 atom stereocenters. The predicted octanol–water partition coefficient (Wildman–Crippen LogP) is 4.50. The minimum atomic E-state index is -0.438. The van der Waals surface area contributed by atoms with E-state index in [1.807, 2.05) is 53.4 Å². The molecule has 6 rings (SSSR count). The van der Waals surface area contributed by atoms with Gasteiger partial charge in [-0.05, 0) is 53.9 Å². The SMILES string of the molecule is CC1CNCC(C)N1c1ccc(-c2cnc3c(-c4cccc5c(C(N)=O)cccc45)cnn3c2)cc1. The molecule has 0 radical (unpaired) electrons. The lowest BCUT2D eigenvalue weighted by atomic mass is 9.96. The molecule has 7 heteroatoms. The number of piperazine rings is 1. The third kappa shape index (κ3) is 3.69. The molecule has 7 nitrogen and oxygen atoms in total. The Morgan fingerprint density at radius 1 is 0.889 bits per heavy atom. The summed E-state index contributed by atoms with van der Waals surface area (Å²) < 4.78 is 1.82. The molecule has 1 aliphatic heterocycles. The topological polar surface area (TPSA) is 88.5 Å². The maximum atomic E-state index is 11.9. The van der Waals surface area contributed by atoms with Crippen molar-refractivity contribution in [2.24, 2.45) is 5.73 Å². The molecule has 0 saturated carbocycles. The Hall–Kier alpha value is -4.23. The number of carbonyl (C=O) groups excluding carboxylic acids is 1. The zero-order chi connectivity index (χ0) is 24.8. The standard InChI is InChI=1S/C29H28N6O/c1-18-13-31-14-19(2)35(18)22-11-9-20(10-12-22)21-15-32-29-27(16-33-34(29)17-21)25-7-3-6-24-23(25)5-4-8-26(24)28(30)36/h3-12,15-19,31H,13-14H2,1-2H3,(H2,30,36). The van der Waals surface area contributed by atoms with Crippen molar-refractivity contribution in [3.8, 4) is 22.3 Å². The van der Waals surface area contributed by atoms with Gasteiger partial charge in [0, 0.05) is 59.9 Å². The molecule has 2 aromatic heterocycles. The molecule has 0 spiro atoms. The van der Waals surface area contributed by atoms with Gasteiger partial charge in [0.05, 0.1) is 6.20 Å². The summed E-state index contributed by atoms with van der Waals surface area (Å²) in [5.41, 5.74) is 12.1. The van der Waals surface area contributed by atoms with Crippen LogP contribution in [0.1, 0.15) is 24.2 Å². The highest BCUT2D eigenvalue weighted by Gasteiger charge is 2.24. The van der Waals surface area contributed by atoms with Crippen molar-refractivity contribution in [3.05, 3.63) is 84.8 Å². The normalized spacial score (nSPS) is 18.1. The Morgan fingerprint density at radius 2 is 1.61 bits per heavy atom. The predicted molar refractivity (Wildman–Crippen MR) is 144 cm³/mol. The van der Waals surface area contributed by atoms with Crippen LogP contribution >= 0.6 is 0 Å². The number of nitrogens with zero attached hydrogens (tertiary/aromatic N) is 4. The van der Waals surface area contributed by atoms with Gasteiger partial charge in [-0.1, -0.05) is 42.5 Å². The third-order valence-electron chi connectivity index (χ3n) is 7.16. The maximum absolute atomic E-state index is 11.9. The molecule has 3 N–H and O–H groups in total. The molecule has 3 aromatic carbocycles. The highest BCUT2D eigenvalue weighted by Crippen LogP contribution is 2.33. The third-order valence-corrected chi connectivity index (χ3v) is 7.16. The van der Waals surface area contributed by atoms with Crippen LogP contribution in [0.25, 0.3) is 38.7 Å².